The molecule has 0 bridgehead atoms. The smallest absolute Gasteiger partial charge is 1.00 e. The van der Waals surface area contributed by atoms with Gasteiger partial charge >= 0.3 is 257 Å². The molecule has 2 unspecified atom stereocenters. The molecular weight excluding hydrogens is 1120 g/mol. The van der Waals surface area contributed by atoms with Gasteiger partial charge in [0.2, 0.25) is 11.5 Å². The van der Waals surface area contributed by atoms with Gasteiger partial charge in [-0.1, -0.05) is 104 Å². The van der Waals surface area contributed by atoms with E-state index in [1.54, 1.807) is 12.1 Å². The number of halogens is 3. The summed E-state index contributed by atoms with van der Waals surface area (Å²) in [5.74, 6) is 1.90. The molecule has 2 aromatic carbocycles. The Morgan fingerprint density at radius 3 is 1.05 bits per heavy atom. The Labute approximate surface area is 601 Å². The summed E-state index contributed by atoms with van der Waals surface area (Å²) in [4.78, 5) is 33.2. The maximum atomic E-state index is 10.8. The molecule has 326 valence electrons. The van der Waals surface area contributed by atoms with E-state index in [4.69, 9.17) is 33.7 Å². The standard InChI is InChI=1S/C13H18O4.C9H10O4.C4H9Br.CH2O3.9CH4.BrH.HI.5K.2H2O.H/c1-5-9(2)17-13-11(15-3)6-10(8-14)7-12(13)16-4;1-12-7-3-6(5-10)4-8(13-2)9(7)11;1-3-4(2)5;2-1-4-3;;;;;;;;;;;;;;;;;;;/h6-9H,5H2,1-4H3;3-5,11H,1-2H3;4H,3H2,1-2H3;1,3H;9*1H4;2*1H;;;;;;2*1H2;/q;;;;;;;;;;;;;;;5*+1;;;-1/p-4. The fourth-order valence-corrected chi connectivity index (χ4v) is 2.35. The van der Waals surface area contributed by atoms with Crippen LogP contribution in [0.4, 0.5) is 0 Å². The largest absolute Gasteiger partial charge is 1.00 e. The van der Waals surface area contributed by atoms with E-state index in [-0.39, 0.29) is 407 Å². The van der Waals surface area contributed by atoms with E-state index in [9.17, 15) is 14.7 Å². The molecule has 0 saturated carbocycles. The number of aldehydes is 2. The quantitative estimate of drug-likeness (QED) is 0.0556. The molecule has 0 heterocycles. The van der Waals surface area contributed by atoms with Crippen LogP contribution in [0.15, 0.2) is 24.3 Å². The molecule has 4 N–H and O–H groups in total. The molecule has 2 rings (SSSR count). The number of phenolic OH excluding ortho intramolecular Hbond substituents is 1. The zero-order chi connectivity index (χ0) is 30.4. The molecule has 0 aromatic heterocycles. The third-order valence-electron chi connectivity index (χ3n) is 4.75. The van der Waals surface area contributed by atoms with Gasteiger partial charge in [0.25, 0.3) is 6.47 Å². The van der Waals surface area contributed by atoms with Crippen molar-refractivity contribution in [1.29, 1.82) is 0 Å². The number of methoxy groups -OCH3 is 4. The first-order valence-electron chi connectivity index (χ1n) is 11.7. The van der Waals surface area contributed by atoms with Gasteiger partial charge in [-0.15, -0.1) is 0 Å². The second kappa shape index (κ2) is 88.5. The van der Waals surface area contributed by atoms with Crippen LogP contribution >= 0.6 is 15.9 Å². The first-order valence-corrected chi connectivity index (χ1v) is 12.6. The Morgan fingerprint density at radius 1 is 0.667 bits per heavy atom. The van der Waals surface area contributed by atoms with Gasteiger partial charge in [-0.2, -0.15) is 0 Å². The van der Waals surface area contributed by atoms with E-state index in [1.807, 2.05) is 13.8 Å². The van der Waals surface area contributed by atoms with E-state index in [0.29, 0.717) is 39.5 Å². The zero-order valence-corrected chi connectivity index (χ0v) is 51.2. The summed E-state index contributed by atoms with van der Waals surface area (Å²) in [5.41, 5.74) is 0.890. The van der Waals surface area contributed by atoms with Crippen LogP contribution < -0.4 is 327 Å². The Kier molecular flexibility index (Phi) is 203. The fourth-order valence-electron chi connectivity index (χ4n) is 2.35. The van der Waals surface area contributed by atoms with Crippen molar-refractivity contribution in [2.24, 2.45) is 0 Å². The minimum atomic E-state index is -0.181. The van der Waals surface area contributed by atoms with Gasteiger partial charge in [0.15, 0.2) is 23.0 Å². The second-order valence-electron chi connectivity index (χ2n) is 7.48. The van der Waals surface area contributed by atoms with E-state index in [2.05, 4.69) is 34.7 Å². The van der Waals surface area contributed by atoms with Gasteiger partial charge in [-0.05, 0) is 44.0 Å². The van der Waals surface area contributed by atoms with Gasteiger partial charge in [0, 0.05) is 16.0 Å². The first-order chi connectivity index (χ1) is 18.6. The number of aromatic hydroxyl groups is 1. The van der Waals surface area contributed by atoms with Crippen molar-refractivity contribution in [2.75, 3.05) is 28.4 Å². The topological polar surface area (TPSA) is 211 Å². The van der Waals surface area contributed by atoms with Crippen LogP contribution in [0.25, 0.3) is 0 Å². The van der Waals surface area contributed by atoms with Crippen LogP contribution in [-0.4, -0.2) is 74.5 Å². The summed E-state index contributed by atoms with van der Waals surface area (Å²) in [6.45, 7) is 8.11. The number of carbonyl (C=O) groups is 3. The maximum absolute atomic E-state index is 10.8. The van der Waals surface area contributed by atoms with Crippen molar-refractivity contribution in [3.05, 3.63) is 35.4 Å². The molecule has 0 aliphatic rings. The molecule has 0 amide bonds. The predicted octanol–water partition coefficient (Wildman–Crippen LogP) is -11.6. The Morgan fingerprint density at radius 2 is 0.895 bits per heavy atom. The monoisotopic (exact) mass is 1200 g/mol. The number of hydrogen-bond acceptors (Lipinski definition) is 12. The summed E-state index contributed by atoms with van der Waals surface area (Å²) >= 11 is 3.37. The van der Waals surface area contributed by atoms with E-state index in [1.165, 1.54) is 47.0 Å². The molecule has 13 nitrogen and oxygen atoms in total. The van der Waals surface area contributed by atoms with Gasteiger partial charge in [-0.3, -0.25) is 14.4 Å². The van der Waals surface area contributed by atoms with Crippen LogP contribution in [0.2, 0.25) is 0 Å². The minimum absolute atomic E-state index is 0. The number of ether oxygens (including phenoxy) is 5. The van der Waals surface area contributed by atoms with Crippen LogP contribution in [0.1, 0.15) is 130 Å². The molecule has 0 spiro atoms. The minimum Gasteiger partial charge on any atom is -1.00 e. The van der Waals surface area contributed by atoms with E-state index in [0.717, 1.165) is 12.7 Å². The molecule has 21 heteroatoms. The normalized spacial score (nSPS) is 7.33. The van der Waals surface area contributed by atoms with Gasteiger partial charge in [0.1, 0.15) is 12.6 Å². The van der Waals surface area contributed by atoms with Crippen molar-refractivity contribution in [1.82, 2.24) is 0 Å². The van der Waals surface area contributed by atoms with Crippen molar-refractivity contribution in [2.45, 2.75) is 118 Å². The van der Waals surface area contributed by atoms with Gasteiger partial charge in [-0.25, -0.2) is 0 Å². The van der Waals surface area contributed by atoms with Crippen LogP contribution in [0.3, 0.4) is 0 Å². The molecular formula is C36H78Br2IK5O13. The summed E-state index contributed by atoms with van der Waals surface area (Å²) in [7, 11) is 5.88. The predicted molar refractivity (Wildman–Crippen MR) is 215 cm³/mol. The fraction of sp³-hybridized carbons (Fsp3) is 0.583. The average molecular weight is 1200 g/mol. The first kappa shape index (κ1) is 131. The molecule has 0 saturated heterocycles. The van der Waals surface area contributed by atoms with Crippen molar-refractivity contribution in [3.8, 4) is 34.5 Å². The maximum Gasteiger partial charge on any atom is 1.00 e. The van der Waals surface area contributed by atoms with Crippen LogP contribution in [-0.2, 0) is 9.68 Å². The third-order valence-corrected chi connectivity index (χ3v) is 5.40. The van der Waals surface area contributed by atoms with E-state index >= 15 is 0 Å². The molecule has 2 atom stereocenters. The molecule has 0 radical (unpaired) electrons. The molecule has 2 aromatic rings. The van der Waals surface area contributed by atoms with Crippen molar-refractivity contribution < 1.29 is 364 Å². The third kappa shape index (κ3) is 63.9. The number of hydrogen-bond donors (Lipinski definition) is 1. The second-order valence-corrected chi connectivity index (χ2v) is 9.05. The molecule has 0 aliphatic carbocycles. The van der Waals surface area contributed by atoms with Crippen LogP contribution in [0, 0.1) is 0 Å². The number of rotatable bonds is 11. The number of phenols is 1. The summed E-state index contributed by atoms with van der Waals surface area (Å²) in [6, 6.07) is 6.14. The van der Waals surface area contributed by atoms with Crippen molar-refractivity contribution >= 4 is 35.0 Å². The van der Waals surface area contributed by atoms with Gasteiger partial charge in [0.05, 0.1) is 34.5 Å². The molecule has 0 fully saturated rings. The summed E-state index contributed by atoms with van der Waals surface area (Å²) < 4.78 is 25.8. The van der Waals surface area contributed by atoms with Gasteiger partial charge < -0.3 is 92.3 Å². The van der Waals surface area contributed by atoms with Crippen molar-refractivity contribution in [3.63, 3.8) is 0 Å². The zero-order valence-electron chi connectivity index (χ0n) is 31.2. The Bertz CT molecular complexity index is 982. The summed E-state index contributed by atoms with van der Waals surface area (Å²) in [6.07, 6.45) is 3.56. The average Bonchev–Trinajstić information content (AvgIpc) is 2.97. The number of alkyl halides is 1. The van der Waals surface area contributed by atoms with Crippen LogP contribution in [0.5, 0.6) is 34.5 Å². The summed E-state index contributed by atoms with van der Waals surface area (Å²) in [5, 5.41) is 17.9. The number of carbonyl (C=O) groups excluding carboxylic acids is 3. The molecule has 0 aliphatic heterocycles. The SMILES string of the molecule is C.C.C.C.C.C.C.C.C.CCC(C)Br.CCC(C)Oc1c(OC)cc(C=O)cc1OC.COc1cc(C=O)cc(OC)c1O.O.O=CO[O-].[Br-].[H-].[I-].[K+].[K+].[K+].[K+].[K+].[OH-]. The number of benzene rings is 2. The molecule has 57 heavy (non-hydrogen) atoms. The Balaban J connectivity index is -0.0000000163. The van der Waals surface area contributed by atoms with E-state index < -0.39 is 0 Å². The Hall–Kier alpha value is 5.80.